The molecule has 142 valence electrons. The molecule has 4 rings (SSSR count). The number of hydrogen-bond acceptors (Lipinski definition) is 3. The van der Waals surface area contributed by atoms with Crippen LogP contribution in [0.2, 0.25) is 0 Å². The Kier molecular flexibility index (Phi) is 5.13. The number of aryl methyl sites for hydroxylation is 1. The van der Waals surface area contributed by atoms with E-state index in [1.165, 1.54) is 5.56 Å². The molecule has 0 heterocycles. The summed E-state index contributed by atoms with van der Waals surface area (Å²) in [5.74, 6) is 0.650. The number of carbonyl (C=O) groups is 1. The molecule has 0 fully saturated rings. The Labute approximate surface area is 164 Å². The second-order valence-electron chi connectivity index (χ2n) is 7.10. The third kappa shape index (κ3) is 3.78. The summed E-state index contributed by atoms with van der Waals surface area (Å²) in [6, 6.07) is 21.3. The lowest BCUT2D eigenvalue weighted by Gasteiger charge is -2.23. The van der Waals surface area contributed by atoms with Crippen LogP contribution in [0.25, 0.3) is 11.1 Å². The van der Waals surface area contributed by atoms with Gasteiger partial charge in [-0.2, -0.15) is 0 Å². The molecule has 4 nitrogen and oxygen atoms in total. The lowest BCUT2D eigenvalue weighted by atomic mass is 9.88. The van der Waals surface area contributed by atoms with Gasteiger partial charge in [-0.1, -0.05) is 36.4 Å². The molecule has 4 heteroatoms. The first kappa shape index (κ1) is 18.3. The van der Waals surface area contributed by atoms with Crippen LogP contribution in [0.3, 0.4) is 0 Å². The van der Waals surface area contributed by atoms with Crippen molar-refractivity contribution in [3.05, 3.63) is 83.4 Å². The third-order valence-corrected chi connectivity index (χ3v) is 5.26. The minimum atomic E-state index is -0.344. The maximum absolute atomic E-state index is 12.9. The van der Waals surface area contributed by atoms with Gasteiger partial charge in [-0.05, 0) is 65.4 Å². The summed E-state index contributed by atoms with van der Waals surface area (Å²) in [5, 5.41) is 13.0. The van der Waals surface area contributed by atoms with Crippen LogP contribution < -0.4 is 10.1 Å². The van der Waals surface area contributed by atoms with Crippen LogP contribution in [0.4, 0.5) is 5.69 Å². The molecule has 0 aromatic heterocycles. The van der Waals surface area contributed by atoms with E-state index in [9.17, 15) is 9.90 Å². The van der Waals surface area contributed by atoms with Crippen molar-refractivity contribution in [2.75, 3.05) is 12.4 Å². The van der Waals surface area contributed by atoms with Crippen molar-refractivity contribution >= 4 is 11.6 Å². The molecule has 0 spiro atoms. The first-order valence-electron chi connectivity index (χ1n) is 9.49. The maximum atomic E-state index is 12.9. The quantitative estimate of drug-likeness (QED) is 0.710. The second kappa shape index (κ2) is 7.87. The minimum absolute atomic E-state index is 0.149. The number of aliphatic hydroxyl groups excluding tert-OH is 1. The Morgan fingerprint density at radius 1 is 1.04 bits per heavy atom. The molecule has 1 amide bonds. The van der Waals surface area contributed by atoms with Gasteiger partial charge in [0.1, 0.15) is 5.75 Å². The number of fused-ring (bicyclic) bond motifs is 1. The molecule has 1 aliphatic rings. The summed E-state index contributed by atoms with van der Waals surface area (Å²) in [6.45, 7) is 0. The molecule has 3 aromatic rings. The highest BCUT2D eigenvalue weighted by atomic mass is 16.5. The van der Waals surface area contributed by atoms with Gasteiger partial charge >= 0.3 is 0 Å². The van der Waals surface area contributed by atoms with E-state index in [1.807, 2.05) is 60.7 Å². The number of aliphatic hydroxyl groups is 1. The third-order valence-electron chi connectivity index (χ3n) is 5.26. The van der Waals surface area contributed by atoms with E-state index in [4.69, 9.17) is 4.74 Å². The van der Waals surface area contributed by atoms with Gasteiger partial charge in [-0.15, -0.1) is 0 Å². The molecular weight excluding hydrogens is 350 g/mol. The molecule has 3 aromatic carbocycles. The van der Waals surface area contributed by atoms with Crippen LogP contribution in [-0.2, 0) is 12.8 Å². The van der Waals surface area contributed by atoms with Gasteiger partial charge in [0.15, 0.2) is 0 Å². The molecule has 2 N–H and O–H groups in total. The van der Waals surface area contributed by atoms with Crippen molar-refractivity contribution in [1.82, 2.24) is 0 Å². The van der Waals surface area contributed by atoms with Gasteiger partial charge in [0, 0.05) is 17.7 Å². The fourth-order valence-electron chi connectivity index (χ4n) is 3.70. The van der Waals surface area contributed by atoms with E-state index in [-0.39, 0.29) is 12.0 Å². The highest BCUT2D eigenvalue weighted by molar-refractivity contribution is 6.05. The topological polar surface area (TPSA) is 58.6 Å². The molecule has 0 bridgehead atoms. The van der Waals surface area contributed by atoms with Crippen molar-refractivity contribution in [3.63, 3.8) is 0 Å². The number of anilines is 1. The van der Waals surface area contributed by atoms with E-state index in [0.717, 1.165) is 41.0 Å². The highest BCUT2D eigenvalue weighted by Crippen LogP contribution is 2.29. The number of benzene rings is 3. The zero-order valence-corrected chi connectivity index (χ0v) is 15.8. The van der Waals surface area contributed by atoms with Gasteiger partial charge < -0.3 is 15.2 Å². The minimum Gasteiger partial charge on any atom is -0.497 e. The van der Waals surface area contributed by atoms with Crippen molar-refractivity contribution in [3.8, 4) is 16.9 Å². The summed E-state index contributed by atoms with van der Waals surface area (Å²) < 4.78 is 5.20. The van der Waals surface area contributed by atoms with Crippen LogP contribution in [-0.4, -0.2) is 24.2 Å². The number of methoxy groups -OCH3 is 1. The van der Waals surface area contributed by atoms with Gasteiger partial charge in [-0.25, -0.2) is 0 Å². The van der Waals surface area contributed by atoms with E-state index in [1.54, 1.807) is 7.11 Å². The zero-order valence-electron chi connectivity index (χ0n) is 15.8. The molecule has 0 saturated heterocycles. The molecule has 0 saturated carbocycles. The zero-order chi connectivity index (χ0) is 19.5. The standard InChI is InChI=1S/C24H23NO3/c1-28-21-12-9-16(10-13-21)18-5-2-6-19(14-18)24(27)25-23-7-3-4-17-8-11-20(26)15-22(17)23/h2-7,9-10,12-14,20,26H,8,11,15H2,1H3,(H,25,27)/t20-/m1/s1. The number of amides is 1. The fraction of sp³-hybridized carbons (Fsp3) is 0.208. The second-order valence-corrected chi connectivity index (χ2v) is 7.10. The lowest BCUT2D eigenvalue weighted by Crippen LogP contribution is -2.21. The van der Waals surface area contributed by atoms with Crippen molar-refractivity contribution in [2.24, 2.45) is 0 Å². The van der Waals surface area contributed by atoms with Crippen LogP contribution in [0.5, 0.6) is 5.75 Å². The van der Waals surface area contributed by atoms with E-state index < -0.39 is 0 Å². The Morgan fingerprint density at radius 2 is 1.82 bits per heavy atom. The first-order chi connectivity index (χ1) is 13.6. The Morgan fingerprint density at radius 3 is 2.61 bits per heavy atom. The number of ether oxygens (including phenoxy) is 1. The summed E-state index contributed by atoms with van der Waals surface area (Å²) in [7, 11) is 1.64. The van der Waals surface area contributed by atoms with Crippen LogP contribution in [0.1, 0.15) is 27.9 Å². The smallest absolute Gasteiger partial charge is 0.255 e. The summed E-state index contributed by atoms with van der Waals surface area (Å²) in [4.78, 5) is 12.9. The number of hydrogen-bond donors (Lipinski definition) is 2. The van der Waals surface area contributed by atoms with Crippen molar-refractivity contribution in [2.45, 2.75) is 25.4 Å². The van der Waals surface area contributed by atoms with Gasteiger partial charge in [0.2, 0.25) is 0 Å². The molecular formula is C24H23NO3. The molecule has 1 atom stereocenters. The Hall–Kier alpha value is -3.11. The number of carbonyl (C=O) groups excluding carboxylic acids is 1. The predicted molar refractivity (Wildman–Crippen MR) is 111 cm³/mol. The van der Waals surface area contributed by atoms with E-state index in [2.05, 4.69) is 11.4 Å². The van der Waals surface area contributed by atoms with Crippen LogP contribution in [0.15, 0.2) is 66.7 Å². The number of nitrogens with one attached hydrogen (secondary N) is 1. The summed E-state index contributed by atoms with van der Waals surface area (Å²) in [6.07, 6.45) is 1.85. The maximum Gasteiger partial charge on any atom is 0.255 e. The van der Waals surface area contributed by atoms with Crippen LogP contribution >= 0.6 is 0 Å². The first-order valence-corrected chi connectivity index (χ1v) is 9.49. The number of rotatable bonds is 4. The van der Waals surface area contributed by atoms with Gasteiger partial charge in [0.05, 0.1) is 13.2 Å². The monoisotopic (exact) mass is 373 g/mol. The Balaban J connectivity index is 1.58. The molecule has 28 heavy (non-hydrogen) atoms. The lowest BCUT2D eigenvalue weighted by molar-refractivity contribution is 0.102. The van der Waals surface area contributed by atoms with E-state index >= 15 is 0 Å². The largest absolute Gasteiger partial charge is 0.497 e. The fourth-order valence-corrected chi connectivity index (χ4v) is 3.70. The Bertz CT molecular complexity index is 995. The van der Waals surface area contributed by atoms with Gasteiger partial charge in [-0.3, -0.25) is 4.79 Å². The SMILES string of the molecule is COc1ccc(-c2cccc(C(=O)Nc3cccc4c3C[C@H](O)CC4)c2)cc1. The summed E-state index contributed by atoms with van der Waals surface area (Å²) >= 11 is 0. The average molecular weight is 373 g/mol. The molecule has 0 aliphatic heterocycles. The molecule has 0 radical (unpaired) electrons. The van der Waals surface area contributed by atoms with Gasteiger partial charge in [0.25, 0.3) is 5.91 Å². The average Bonchev–Trinajstić information content (AvgIpc) is 2.74. The summed E-state index contributed by atoms with van der Waals surface area (Å²) in [5.41, 5.74) is 5.63. The van der Waals surface area contributed by atoms with Crippen LogP contribution in [0, 0.1) is 0 Å². The predicted octanol–water partition coefficient (Wildman–Crippen LogP) is 4.46. The van der Waals surface area contributed by atoms with Crippen molar-refractivity contribution < 1.29 is 14.6 Å². The normalized spacial score (nSPS) is 15.6. The van der Waals surface area contributed by atoms with E-state index in [0.29, 0.717) is 12.0 Å². The molecule has 0 unspecified atom stereocenters. The highest BCUT2D eigenvalue weighted by Gasteiger charge is 2.20. The van der Waals surface area contributed by atoms with Crippen molar-refractivity contribution in [1.29, 1.82) is 0 Å². The molecule has 1 aliphatic carbocycles.